The summed E-state index contributed by atoms with van der Waals surface area (Å²) in [6.07, 6.45) is 1.11. The van der Waals surface area contributed by atoms with Crippen LogP contribution in [0, 0.1) is 10.1 Å². The van der Waals surface area contributed by atoms with E-state index in [9.17, 15) is 10.1 Å². The number of anilines is 1. The zero-order valence-electron chi connectivity index (χ0n) is 12.3. The molecule has 0 amide bonds. The van der Waals surface area contributed by atoms with Crippen molar-refractivity contribution in [2.45, 2.75) is 20.1 Å². The summed E-state index contributed by atoms with van der Waals surface area (Å²) < 4.78 is 16.1. The number of nitrogens with zero attached hydrogens (tertiary/aromatic N) is 2. The molecule has 0 spiro atoms. The summed E-state index contributed by atoms with van der Waals surface area (Å²) in [5.41, 5.74) is -0.0565. The Bertz CT molecular complexity index is 424. The number of nitrogens with one attached hydrogen (secondary N) is 1. The highest BCUT2D eigenvalue weighted by Crippen LogP contribution is 2.19. The zero-order valence-corrected chi connectivity index (χ0v) is 12.3. The third-order valence-corrected chi connectivity index (χ3v) is 2.48. The second kappa shape index (κ2) is 10.0. The van der Waals surface area contributed by atoms with Gasteiger partial charge < -0.3 is 19.5 Å². The molecule has 8 nitrogen and oxygen atoms in total. The van der Waals surface area contributed by atoms with Crippen LogP contribution < -0.4 is 5.32 Å². The Morgan fingerprint density at radius 3 is 2.71 bits per heavy atom. The lowest BCUT2D eigenvalue weighted by Crippen LogP contribution is -2.25. The normalized spacial score (nSPS) is 10.8. The molecule has 0 radical (unpaired) electrons. The lowest BCUT2D eigenvalue weighted by molar-refractivity contribution is -0.384. The first-order chi connectivity index (χ1) is 10.2. The van der Waals surface area contributed by atoms with Crippen LogP contribution in [0.15, 0.2) is 18.3 Å². The third-order valence-electron chi connectivity index (χ3n) is 2.48. The summed E-state index contributed by atoms with van der Waals surface area (Å²) in [7, 11) is 0. The van der Waals surface area contributed by atoms with Crippen LogP contribution in [-0.4, -0.2) is 49.2 Å². The van der Waals surface area contributed by atoms with E-state index < -0.39 is 4.92 Å². The fourth-order valence-corrected chi connectivity index (χ4v) is 1.62. The van der Waals surface area contributed by atoms with Gasteiger partial charge in [0.2, 0.25) is 5.82 Å². The molecule has 118 valence electrons. The van der Waals surface area contributed by atoms with E-state index in [2.05, 4.69) is 10.3 Å². The number of nitro groups is 1. The lowest BCUT2D eigenvalue weighted by Gasteiger charge is -2.16. The van der Waals surface area contributed by atoms with Gasteiger partial charge in [-0.25, -0.2) is 4.98 Å². The van der Waals surface area contributed by atoms with Crippen LogP contribution in [0.5, 0.6) is 0 Å². The molecular weight excluding hydrogens is 278 g/mol. The van der Waals surface area contributed by atoms with Gasteiger partial charge in [-0.1, -0.05) is 0 Å². The summed E-state index contributed by atoms with van der Waals surface area (Å²) in [5.74, 6) is 0.234. The number of rotatable bonds is 11. The molecule has 0 bridgehead atoms. The molecule has 1 aromatic heterocycles. The van der Waals surface area contributed by atoms with Crippen molar-refractivity contribution in [2.75, 3.05) is 38.3 Å². The molecule has 0 fully saturated rings. The Morgan fingerprint density at radius 2 is 2.10 bits per heavy atom. The van der Waals surface area contributed by atoms with Crippen molar-refractivity contribution >= 4 is 11.5 Å². The largest absolute Gasteiger partial charge is 0.374 e. The number of pyridine rings is 1. The van der Waals surface area contributed by atoms with Crippen LogP contribution in [0.1, 0.15) is 13.8 Å². The van der Waals surface area contributed by atoms with Gasteiger partial charge in [-0.05, 0) is 19.9 Å². The highest BCUT2D eigenvalue weighted by molar-refractivity contribution is 5.54. The monoisotopic (exact) mass is 299 g/mol. The summed E-state index contributed by atoms with van der Waals surface area (Å²) in [6, 6.07) is 2.92. The number of hydrogen-bond acceptors (Lipinski definition) is 7. The van der Waals surface area contributed by atoms with Crippen LogP contribution in [0.3, 0.4) is 0 Å². The molecule has 0 aliphatic rings. The summed E-state index contributed by atoms with van der Waals surface area (Å²) >= 11 is 0. The van der Waals surface area contributed by atoms with Crippen LogP contribution in [0.4, 0.5) is 11.5 Å². The minimum absolute atomic E-state index is 0.0565. The van der Waals surface area contributed by atoms with E-state index in [4.69, 9.17) is 14.2 Å². The molecule has 0 atom stereocenters. The molecule has 0 unspecified atom stereocenters. The smallest absolute Gasteiger partial charge is 0.311 e. The van der Waals surface area contributed by atoms with Crippen molar-refractivity contribution in [3.8, 4) is 0 Å². The second-order valence-electron chi connectivity index (χ2n) is 3.97. The van der Waals surface area contributed by atoms with Crippen molar-refractivity contribution in [1.29, 1.82) is 0 Å². The lowest BCUT2D eigenvalue weighted by atomic mass is 10.4. The van der Waals surface area contributed by atoms with Crippen molar-refractivity contribution in [3.05, 3.63) is 28.4 Å². The summed E-state index contributed by atoms with van der Waals surface area (Å²) in [4.78, 5) is 14.3. The van der Waals surface area contributed by atoms with Crippen molar-refractivity contribution < 1.29 is 19.1 Å². The molecule has 1 aromatic rings. The quantitative estimate of drug-likeness (QED) is 0.288. The van der Waals surface area contributed by atoms with E-state index in [1.165, 1.54) is 18.3 Å². The molecule has 1 heterocycles. The first-order valence-corrected chi connectivity index (χ1v) is 6.83. The topological polar surface area (TPSA) is 95.8 Å². The van der Waals surface area contributed by atoms with E-state index in [-0.39, 0.29) is 17.8 Å². The van der Waals surface area contributed by atoms with Crippen LogP contribution in [-0.2, 0) is 14.2 Å². The summed E-state index contributed by atoms with van der Waals surface area (Å²) in [5, 5.41) is 13.7. The van der Waals surface area contributed by atoms with Gasteiger partial charge in [-0.3, -0.25) is 10.1 Å². The van der Waals surface area contributed by atoms with E-state index >= 15 is 0 Å². The standard InChI is InChI=1S/C13H21N3O5/c1-3-20-12(21-4-2)10-19-9-8-15-13-11(16(17)18)6-5-7-14-13/h5-7,12H,3-4,8-10H2,1-2H3,(H,14,15). The van der Waals surface area contributed by atoms with Gasteiger partial charge in [0.05, 0.1) is 18.1 Å². The Balaban J connectivity index is 2.29. The van der Waals surface area contributed by atoms with Gasteiger partial charge >= 0.3 is 5.69 Å². The molecule has 8 heteroatoms. The average molecular weight is 299 g/mol. The van der Waals surface area contributed by atoms with Crippen LogP contribution in [0.2, 0.25) is 0 Å². The fourth-order valence-electron chi connectivity index (χ4n) is 1.62. The van der Waals surface area contributed by atoms with Crippen LogP contribution in [0.25, 0.3) is 0 Å². The Morgan fingerprint density at radius 1 is 1.38 bits per heavy atom. The minimum Gasteiger partial charge on any atom is -0.374 e. The Hall–Kier alpha value is -1.77. The van der Waals surface area contributed by atoms with Gasteiger partial charge in [0.1, 0.15) is 0 Å². The van der Waals surface area contributed by atoms with E-state index in [1.807, 2.05) is 13.8 Å². The third kappa shape index (κ3) is 6.48. The molecule has 0 aromatic carbocycles. The first kappa shape index (κ1) is 17.3. The fraction of sp³-hybridized carbons (Fsp3) is 0.615. The molecule has 0 aliphatic carbocycles. The number of aromatic nitrogens is 1. The molecule has 0 saturated carbocycles. The number of hydrogen-bond donors (Lipinski definition) is 1. The predicted octanol–water partition coefficient (Wildman–Crippen LogP) is 1.82. The van der Waals surface area contributed by atoms with Gasteiger partial charge in [0.25, 0.3) is 0 Å². The van der Waals surface area contributed by atoms with E-state index in [0.717, 1.165) is 0 Å². The highest BCUT2D eigenvalue weighted by atomic mass is 16.7. The zero-order chi connectivity index (χ0) is 15.5. The van der Waals surface area contributed by atoms with E-state index in [1.54, 1.807) is 0 Å². The summed E-state index contributed by atoms with van der Waals surface area (Å²) in [6.45, 7) is 5.95. The molecule has 1 N–H and O–H groups in total. The first-order valence-electron chi connectivity index (χ1n) is 6.83. The number of ether oxygens (including phenoxy) is 3. The van der Waals surface area contributed by atoms with Gasteiger partial charge in [0, 0.05) is 32.0 Å². The molecule has 21 heavy (non-hydrogen) atoms. The van der Waals surface area contributed by atoms with E-state index in [0.29, 0.717) is 33.0 Å². The maximum Gasteiger partial charge on any atom is 0.311 e. The van der Waals surface area contributed by atoms with Gasteiger partial charge in [0.15, 0.2) is 6.29 Å². The van der Waals surface area contributed by atoms with Crippen molar-refractivity contribution in [1.82, 2.24) is 4.98 Å². The Labute approximate surface area is 123 Å². The van der Waals surface area contributed by atoms with Gasteiger partial charge in [-0.2, -0.15) is 0 Å². The molecule has 0 saturated heterocycles. The minimum atomic E-state index is -0.476. The van der Waals surface area contributed by atoms with Gasteiger partial charge in [-0.15, -0.1) is 0 Å². The second-order valence-corrected chi connectivity index (χ2v) is 3.97. The highest BCUT2D eigenvalue weighted by Gasteiger charge is 2.13. The molecular formula is C13H21N3O5. The molecule has 1 rings (SSSR count). The maximum atomic E-state index is 10.8. The molecule has 0 aliphatic heterocycles. The predicted molar refractivity (Wildman–Crippen MR) is 77.2 cm³/mol. The maximum absolute atomic E-state index is 10.8. The van der Waals surface area contributed by atoms with Crippen LogP contribution >= 0.6 is 0 Å². The SMILES string of the molecule is CCOC(COCCNc1ncccc1[N+](=O)[O-])OCC. The average Bonchev–Trinajstić information content (AvgIpc) is 2.47. The van der Waals surface area contributed by atoms with Crippen molar-refractivity contribution in [2.24, 2.45) is 0 Å². The Kier molecular flexibility index (Phi) is 8.25. The van der Waals surface area contributed by atoms with Crippen molar-refractivity contribution in [3.63, 3.8) is 0 Å².